The molecular weight excluding hydrogens is 264 g/mol. The molecule has 1 aliphatic rings. The number of nitrogens with one attached hydrogen (secondary N) is 1. The molecule has 21 heavy (non-hydrogen) atoms. The maximum absolute atomic E-state index is 5.17. The molecule has 5 nitrogen and oxygen atoms in total. The average molecular weight is 280 g/mol. The Hall–Kier alpha value is -2.56. The van der Waals surface area contributed by atoms with Crippen LogP contribution < -0.4 is 4.90 Å². The van der Waals surface area contributed by atoms with Gasteiger partial charge in [-0.15, -0.1) is 0 Å². The quantitative estimate of drug-likeness (QED) is 0.801. The highest BCUT2D eigenvalue weighted by Crippen LogP contribution is 2.34. The summed E-state index contributed by atoms with van der Waals surface area (Å²) in [4.78, 5) is 9.64. The molecule has 0 saturated carbocycles. The number of aromatic amines is 1. The number of aryl methyl sites for hydroxylation is 1. The van der Waals surface area contributed by atoms with E-state index in [2.05, 4.69) is 38.2 Å². The lowest BCUT2D eigenvalue weighted by atomic mass is 10.0. The second kappa shape index (κ2) is 4.77. The van der Waals surface area contributed by atoms with E-state index in [1.807, 2.05) is 13.1 Å². The third kappa shape index (κ3) is 2.11. The predicted octanol–water partition coefficient (Wildman–Crippen LogP) is 2.94. The SMILES string of the molecule is Cc1oncc1-c1ccc2c(c1)N(Cc1cnc[nH]1)CC2. The number of hydrogen-bond acceptors (Lipinski definition) is 4. The molecule has 3 heterocycles. The largest absolute Gasteiger partial charge is 0.365 e. The summed E-state index contributed by atoms with van der Waals surface area (Å²) >= 11 is 0. The van der Waals surface area contributed by atoms with Crippen LogP contribution in [0, 0.1) is 6.92 Å². The van der Waals surface area contributed by atoms with E-state index >= 15 is 0 Å². The summed E-state index contributed by atoms with van der Waals surface area (Å²) in [5.41, 5.74) is 6.04. The van der Waals surface area contributed by atoms with Crippen molar-refractivity contribution in [3.63, 3.8) is 0 Å². The molecule has 5 heteroatoms. The first kappa shape index (κ1) is 12.2. The van der Waals surface area contributed by atoms with Gasteiger partial charge in [-0.2, -0.15) is 0 Å². The summed E-state index contributed by atoms with van der Waals surface area (Å²) in [6, 6.07) is 6.60. The van der Waals surface area contributed by atoms with Crippen molar-refractivity contribution in [2.75, 3.05) is 11.4 Å². The van der Waals surface area contributed by atoms with Crippen LogP contribution in [0.2, 0.25) is 0 Å². The van der Waals surface area contributed by atoms with Crippen LogP contribution in [-0.2, 0) is 13.0 Å². The van der Waals surface area contributed by atoms with E-state index in [1.54, 1.807) is 12.5 Å². The van der Waals surface area contributed by atoms with Gasteiger partial charge in [0.2, 0.25) is 0 Å². The van der Waals surface area contributed by atoms with Gasteiger partial charge in [0.05, 0.1) is 24.8 Å². The minimum absolute atomic E-state index is 0.855. The zero-order valence-corrected chi connectivity index (χ0v) is 11.8. The summed E-state index contributed by atoms with van der Waals surface area (Å²) in [6.07, 6.45) is 6.48. The smallest absolute Gasteiger partial charge is 0.141 e. The van der Waals surface area contributed by atoms with Crippen molar-refractivity contribution in [1.82, 2.24) is 15.1 Å². The molecule has 0 radical (unpaired) electrons. The van der Waals surface area contributed by atoms with E-state index in [1.165, 1.54) is 11.3 Å². The number of H-pyrrole nitrogens is 1. The second-order valence-corrected chi connectivity index (χ2v) is 5.39. The van der Waals surface area contributed by atoms with Crippen LogP contribution in [-0.4, -0.2) is 21.7 Å². The second-order valence-electron chi connectivity index (χ2n) is 5.39. The monoisotopic (exact) mass is 280 g/mol. The minimum Gasteiger partial charge on any atom is -0.365 e. The fraction of sp³-hybridized carbons (Fsp3) is 0.250. The molecule has 1 N–H and O–H groups in total. The van der Waals surface area contributed by atoms with Crippen LogP contribution >= 0.6 is 0 Å². The van der Waals surface area contributed by atoms with Gasteiger partial charge in [-0.25, -0.2) is 4.98 Å². The Kier molecular flexibility index (Phi) is 2.77. The molecule has 0 atom stereocenters. The van der Waals surface area contributed by atoms with E-state index in [0.717, 1.165) is 42.1 Å². The van der Waals surface area contributed by atoms with Crippen LogP contribution in [0.4, 0.5) is 5.69 Å². The van der Waals surface area contributed by atoms with Crippen molar-refractivity contribution in [1.29, 1.82) is 0 Å². The van der Waals surface area contributed by atoms with Crippen molar-refractivity contribution in [3.8, 4) is 11.1 Å². The molecule has 2 aromatic heterocycles. The summed E-state index contributed by atoms with van der Waals surface area (Å²) in [6.45, 7) is 3.84. The van der Waals surface area contributed by atoms with Crippen molar-refractivity contribution in [2.45, 2.75) is 19.9 Å². The van der Waals surface area contributed by atoms with Gasteiger partial charge < -0.3 is 14.4 Å². The molecule has 4 rings (SSSR count). The minimum atomic E-state index is 0.855. The number of hydrogen-bond donors (Lipinski definition) is 1. The predicted molar refractivity (Wildman–Crippen MR) is 80.0 cm³/mol. The Morgan fingerprint density at radius 1 is 1.33 bits per heavy atom. The lowest BCUT2D eigenvalue weighted by Crippen LogP contribution is -2.19. The third-order valence-electron chi connectivity index (χ3n) is 4.05. The van der Waals surface area contributed by atoms with Gasteiger partial charge in [0.25, 0.3) is 0 Å². The van der Waals surface area contributed by atoms with Crippen molar-refractivity contribution < 1.29 is 4.52 Å². The summed E-state index contributed by atoms with van der Waals surface area (Å²) in [5.74, 6) is 0.855. The Morgan fingerprint density at radius 3 is 3.05 bits per heavy atom. The molecule has 1 aromatic carbocycles. The number of imidazole rings is 1. The number of anilines is 1. The molecular formula is C16H16N4O. The van der Waals surface area contributed by atoms with Gasteiger partial charge in [-0.05, 0) is 30.5 Å². The number of nitrogens with zero attached hydrogens (tertiary/aromatic N) is 3. The molecule has 0 spiro atoms. The number of fused-ring (bicyclic) bond motifs is 1. The molecule has 0 bridgehead atoms. The molecule has 3 aromatic rings. The molecule has 0 fully saturated rings. The maximum Gasteiger partial charge on any atom is 0.141 e. The third-order valence-corrected chi connectivity index (χ3v) is 4.05. The van der Waals surface area contributed by atoms with Crippen LogP contribution in [0.5, 0.6) is 0 Å². The fourth-order valence-electron chi connectivity index (χ4n) is 2.93. The topological polar surface area (TPSA) is 58.0 Å². The van der Waals surface area contributed by atoms with Crippen molar-refractivity contribution >= 4 is 5.69 Å². The number of benzene rings is 1. The van der Waals surface area contributed by atoms with E-state index in [0.29, 0.717) is 0 Å². The van der Waals surface area contributed by atoms with Crippen LogP contribution in [0.25, 0.3) is 11.1 Å². The Labute approximate surface area is 122 Å². The molecule has 0 aliphatic carbocycles. The average Bonchev–Trinajstić information content (AvgIpc) is 3.21. The Balaban J connectivity index is 1.69. The van der Waals surface area contributed by atoms with Gasteiger partial charge >= 0.3 is 0 Å². The van der Waals surface area contributed by atoms with Crippen molar-refractivity contribution in [3.05, 3.63) is 53.9 Å². The summed E-state index contributed by atoms with van der Waals surface area (Å²) in [7, 11) is 0. The Bertz CT molecular complexity index is 760. The Morgan fingerprint density at radius 2 is 2.29 bits per heavy atom. The molecule has 106 valence electrons. The van der Waals surface area contributed by atoms with Gasteiger partial charge in [0.1, 0.15) is 5.76 Å². The van der Waals surface area contributed by atoms with Crippen LogP contribution in [0.1, 0.15) is 17.0 Å². The standard InChI is InChI=1S/C16H16N4O/c1-11-15(8-19-21-11)13-3-2-12-4-5-20(16(12)6-13)9-14-7-17-10-18-14/h2-3,6-8,10H,4-5,9H2,1H3,(H,17,18). The number of aromatic nitrogens is 3. The lowest BCUT2D eigenvalue weighted by molar-refractivity contribution is 0.398. The summed E-state index contributed by atoms with van der Waals surface area (Å²) < 4.78 is 5.17. The van der Waals surface area contributed by atoms with Gasteiger partial charge in [0, 0.05) is 24.0 Å². The zero-order chi connectivity index (χ0) is 14.2. The van der Waals surface area contributed by atoms with Gasteiger partial charge in [0.15, 0.2) is 0 Å². The molecule has 0 saturated heterocycles. The highest BCUT2D eigenvalue weighted by atomic mass is 16.5. The highest BCUT2D eigenvalue weighted by molar-refractivity contribution is 5.72. The molecule has 1 aliphatic heterocycles. The molecule has 0 unspecified atom stereocenters. The number of rotatable bonds is 3. The maximum atomic E-state index is 5.17. The van der Waals surface area contributed by atoms with Crippen LogP contribution in [0.15, 0.2) is 41.4 Å². The zero-order valence-electron chi connectivity index (χ0n) is 11.8. The first-order valence-electron chi connectivity index (χ1n) is 7.08. The highest BCUT2D eigenvalue weighted by Gasteiger charge is 2.20. The van der Waals surface area contributed by atoms with E-state index in [4.69, 9.17) is 4.52 Å². The molecule has 0 amide bonds. The fourth-order valence-corrected chi connectivity index (χ4v) is 2.93. The van der Waals surface area contributed by atoms with Crippen molar-refractivity contribution in [2.24, 2.45) is 0 Å². The van der Waals surface area contributed by atoms with E-state index in [-0.39, 0.29) is 0 Å². The van der Waals surface area contributed by atoms with Crippen LogP contribution in [0.3, 0.4) is 0 Å². The summed E-state index contributed by atoms with van der Waals surface area (Å²) in [5, 5.41) is 3.87. The van der Waals surface area contributed by atoms with Gasteiger partial charge in [-0.1, -0.05) is 17.3 Å². The van der Waals surface area contributed by atoms with E-state index < -0.39 is 0 Å². The first-order chi connectivity index (χ1) is 10.3. The van der Waals surface area contributed by atoms with E-state index in [9.17, 15) is 0 Å². The lowest BCUT2D eigenvalue weighted by Gasteiger charge is -2.19. The first-order valence-corrected chi connectivity index (χ1v) is 7.08. The normalized spacial score (nSPS) is 13.7. The van der Waals surface area contributed by atoms with Gasteiger partial charge in [-0.3, -0.25) is 0 Å².